The van der Waals surface area contributed by atoms with Crippen LogP contribution in [-0.4, -0.2) is 55.4 Å². The molecule has 0 heterocycles. The van der Waals surface area contributed by atoms with E-state index in [9.17, 15) is 19.8 Å². The molecule has 7 nitrogen and oxygen atoms in total. The lowest BCUT2D eigenvalue weighted by Gasteiger charge is -2.57. The van der Waals surface area contributed by atoms with Crippen LogP contribution in [0, 0.1) is 17.8 Å². The highest BCUT2D eigenvalue weighted by atomic mass is 16.5. The zero-order chi connectivity index (χ0) is 28.7. The van der Waals surface area contributed by atoms with Gasteiger partial charge >= 0.3 is 0 Å². The molecule has 1 atom stereocenters. The number of benzene rings is 3. The predicted octanol–water partition coefficient (Wildman–Crippen LogP) is 4.28. The summed E-state index contributed by atoms with van der Waals surface area (Å²) in [6.07, 6.45) is 6.73. The second kappa shape index (κ2) is 11.1. The van der Waals surface area contributed by atoms with Crippen LogP contribution in [0.25, 0.3) is 21.9 Å². The highest BCUT2D eigenvalue weighted by Crippen LogP contribution is 2.62. The Kier molecular flexibility index (Phi) is 7.51. The molecule has 1 unspecified atom stereocenters. The SMILES string of the molecule is CNC(=O)C(C(=O)NC)c1ccc2cc(-c3ccc(OCC(O)CO)c(C45CC6CC(CC(C6)C4)C5)c3)ccc2c1. The van der Waals surface area contributed by atoms with E-state index in [-0.39, 0.29) is 30.4 Å². The molecule has 4 bridgehead atoms. The Labute approximate surface area is 241 Å². The second-order valence-electron chi connectivity index (χ2n) is 12.5. The van der Waals surface area contributed by atoms with Crippen LogP contribution in [0.1, 0.15) is 55.6 Å². The minimum Gasteiger partial charge on any atom is -0.490 e. The summed E-state index contributed by atoms with van der Waals surface area (Å²) in [6, 6.07) is 18.5. The highest BCUT2D eigenvalue weighted by molar-refractivity contribution is 6.06. The van der Waals surface area contributed by atoms with E-state index < -0.39 is 12.0 Å². The number of aliphatic hydroxyl groups is 2. The Bertz CT molecular complexity index is 1420. The van der Waals surface area contributed by atoms with E-state index in [1.54, 1.807) is 0 Å². The molecule has 4 aliphatic carbocycles. The normalized spacial score (nSPS) is 25.3. The van der Waals surface area contributed by atoms with Gasteiger partial charge < -0.3 is 25.6 Å². The van der Waals surface area contributed by atoms with Gasteiger partial charge in [0.15, 0.2) is 0 Å². The van der Waals surface area contributed by atoms with Crippen molar-refractivity contribution in [2.75, 3.05) is 27.3 Å². The van der Waals surface area contributed by atoms with Crippen LogP contribution in [0.15, 0.2) is 54.6 Å². The lowest BCUT2D eigenvalue weighted by Crippen LogP contribution is -2.48. The summed E-state index contributed by atoms with van der Waals surface area (Å²) in [5.41, 5.74) is 4.20. The number of carbonyl (C=O) groups excluding carboxylic acids is 2. The Morgan fingerprint density at radius 1 is 0.854 bits per heavy atom. The zero-order valence-electron chi connectivity index (χ0n) is 23.9. The first-order valence-corrected chi connectivity index (χ1v) is 14.9. The number of ether oxygens (including phenoxy) is 1. The molecule has 0 radical (unpaired) electrons. The van der Waals surface area contributed by atoms with Crippen molar-refractivity contribution in [2.24, 2.45) is 17.8 Å². The summed E-state index contributed by atoms with van der Waals surface area (Å²) < 4.78 is 6.16. The number of carbonyl (C=O) groups is 2. The summed E-state index contributed by atoms with van der Waals surface area (Å²) in [7, 11) is 3.07. The molecule has 0 aromatic heterocycles. The van der Waals surface area contributed by atoms with Crippen molar-refractivity contribution >= 4 is 22.6 Å². The van der Waals surface area contributed by atoms with E-state index in [2.05, 4.69) is 34.9 Å². The number of fused-ring (bicyclic) bond motifs is 1. The Morgan fingerprint density at radius 2 is 1.41 bits per heavy atom. The van der Waals surface area contributed by atoms with Crippen LogP contribution in [0.2, 0.25) is 0 Å². The van der Waals surface area contributed by atoms with Gasteiger partial charge in [-0.3, -0.25) is 9.59 Å². The van der Waals surface area contributed by atoms with Crippen LogP contribution >= 0.6 is 0 Å². The van der Waals surface area contributed by atoms with Crippen molar-refractivity contribution < 1.29 is 24.5 Å². The Hall–Kier alpha value is -3.42. The summed E-state index contributed by atoms with van der Waals surface area (Å²) in [5, 5.41) is 26.5. The molecular formula is C34H40N2O5. The lowest BCUT2D eigenvalue weighted by atomic mass is 9.48. The maximum absolute atomic E-state index is 12.5. The molecule has 2 amide bonds. The van der Waals surface area contributed by atoms with Gasteiger partial charge in [-0.15, -0.1) is 0 Å². The van der Waals surface area contributed by atoms with Crippen molar-refractivity contribution in [2.45, 2.75) is 56.0 Å². The number of likely N-dealkylation sites (N-methyl/N-ethyl adjacent to an activating group) is 2. The fraction of sp³-hybridized carbons (Fsp3) is 0.471. The molecular weight excluding hydrogens is 516 g/mol. The average molecular weight is 557 g/mol. The molecule has 41 heavy (non-hydrogen) atoms. The third kappa shape index (κ3) is 5.22. The number of rotatable bonds is 9. The van der Waals surface area contributed by atoms with Crippen LogP contribution in [0.5, 0.6) is 5.75 Å². The molecule has 3 aromatic rings. The average Bonchev–Trinajstić information content (AvgIpc) is 2.98. The van der Waals surface area contributed by atoms with Gasteiger partial charge in [0.1, 0.15) is 24.4 Å². The first-order valence-electron chi connectivity index (χ1n) is 14.9. The van der Waals surface area contributed by atoms with Gasteiger partial charge in [-0.25, -0.2) is 0 Å². The Morgan fingerprint density at radius 3 is 2.02 bits per heavy atom. The topological polar surface area (TPSA) is 108 Å². The summed E-state index contributed by atoms with van der Waals surface area (Å²) >= 11 is 0. The highest BCUT2D eigenvalue weighted by Gasteiger charge is 2.52. The zero-order valence-corrected chi connectivity index (χ0v) is 23.9. The largest absolute Gasteiger partial charge is 0.490 e. The van der Waals surface area contributed by atoms with Crippen LogP contribution < -0.4 is 15.4 Å². The molecule has 0 spiro atoms. The van der Waals surface area contributed by atoms with E-state index in [0.29, 0.717) is 5.56 Å². The van der Waals surface area contributed by atoms with Gasteiger partial charge in [-0.2, -0.15) is 0 Å². The van der Waals surface area contributed by atoms with E-state index in [0.717, 1.165) is 45.4 Å². The third-order valence-electron chi connectivity index (χ3n) is 9.78. The van der Waals surface area contributed by atoms with Crippen LogP contribution in [0.4, 0.5) is 0 Å². The first-order chi connectivity index (χ1) is 19.8. The van der Waals surface area contributed by atoms with E-state index in [1.165, 1.54) is 58.2 Å². The minimum atomic E-state index is -0.909. The molecule has 4 fully saturated rings. The smallest absolute Gasteiger partial charge is 0.236 e. The van der Waals surface area contributed by atoms with Crippen LogP contribution in [0.3, 0.4) is 0 Å². The summed E-state index contributed by atoms with van der Waals surface area (Å²) in [6.45, 7) is -0.253. The molecule has 4 N–H and O–H groups in total. The number of aliphatic hydroxyl groups excluding tert-OH is 2. The number of nitrogens with one attached hydrogen (secondary N) is 2. The van der Waals surface area contributed by atoms with Gasteiger partial charge in [0, 0.05) is 19.7 Å². The van der Waals surface area contributed by atoms with Crippen molar-refractivity contribution in [3.63, 3.8) is 0 Å². The molecule has 7 rings (SSSR count). The second-order valence-corrected chi connectivity index (χ2v) is 12.5. The van der Waals surface area contributed by atoms with Crippen LogP contribution in [-0.2, 0) is 15.0 Å². The van der Waals surface area contributed by atoms with Gasteiger partial charge in [0.05, 0.1) is 6.61 Å². The quantitative estimate of drug-likeness (QED) is 0.294. The van der Waals surface area contributed by atoms with Crippen molar-refractivity contribution in [3.8, 4) is 16.9 Å². The molecule has 216 valence electrons. The van der Waals surface area contributed by atoms with Gasteiger partial charge in [0.2, 0.25) is 11.8 Å². The Balaban J connectivity index is 1.36. The van der Waals surface area contributed by atoms with E-state index in [4.69, 9.17) is 4.74 Å². The van der Waals surface area contributed by atoms with Crippen molar-refractivity contribution in [1.29, 1.82) is 0 Å². The van der Waals surface area contributed by atoms with Gasteiger partial charge in [0.25, 0.3) is 0 Å². The molecule has 0 saturated heterocycles. The monoisotopic (exact) mass is 556 g/mol. The number of amides is 2. The third-order valence-corrected chi connectivity index (χ3v) is 9.78. The molecule has 4 aliphatic rings. The van der Waals surface area contributed by atoms with E-state index >= 15 is 0 Å². The number of hydrogen-bond donors (Lipinski definition) is 4. The molecule has 7 heteroatoms. The number of hydrogen-bond acceptors (Lipinski definition) is 5. The standard InChI is InChI=1S/C34H40N2O5/c1-35-32(39)31(33(40)36-2)27-6-5-23-12-24(3-4-25(23)13-27)26-7-8-30(41-19-28(38)18-37)29(14-26)34-15-20-9-21(16-34)11-22(10-20)17-34/h3-8,12-14,20-22,28,31,37-38H,9-11,15-19H2,1-2H3,(H,35,39)(H,36,40). The first kappa shape index (κ1) is 27.7. The summed E-state index contributed by atoms with van der Waals surface area (Å²) in [4.78, 5) is 24.9. The van der Waals surface area contributed by atoms with Gasteiger partial charge in [-0.05, 0) is 113 Å². The van der Waals surface area contributed by atoms with Crippen molar-refractivity contribution in [1.82, 2.24) is 10.6 Å². The molecule has 0 aliphatic heterocycles. The molecule has 4 saturated carbocycles. The van der Waals surface area contributed by atoms with Gasteiger partial charge in [-0.1, -0.05) is 30.3 Å². The predicted molar refractivity (Wildman–Crippen MR) is 159 cm³/mol. The fourth-order valence-corrected chi connectivity index (χ4v) is 8.26. The lowest BCUT2D eigenvalue weighted by molar-refractivity contribution is -0.131. The maximum Gasteiger partial charge on any atom is 0.236 e. The molecule has 3 aromatic carbocycles. The van der Waals surface area contributed by atoms with Crippen molar-refractivity contribution in [3.05, 3.63) is 65.7 Å². The summed E-state index contributed by atoms with van der Waals surface area (Å²) in [5.74, 6) is 1.58. The fourth-order valence-electron chi connectivity index (χ4n) is 8.26. The van der Waals surface area contributed by atoms with E-state index in [1.807, 2.05) is 30.3 Å². The minimum absolute atomic E-state index is 0.0701. The maximum atomic E-state index is 12.5.